The van der Waals surface area contributed by atoms with E-state index in [1.54, 1.807) is 6.07 Å². The molecule has 0 aliphatic rings. The molecule has 2 rings (SSSR count). The number of fused-ring (bicyclic) bond motifs is 1. The van der Waals surface area contributed by atoms with Gasteiger partial charge in [-0.25, -0.2) is 0 Å². The van der Waals surface area contributed by atoms with E-state index >= 15 is 0 Å². The van der Waals surface area contributed by atoms with Crippen molar-refractivity contribution in [1.29, 1.82) is 0 Å². The fourth-order valence-corrected chi connectivity index (χ4v) is 1.72. The molecule has 1 aromatic heterocycles. The molecule has 0 spiro atoms. The van der Waals surface area contributed by atoms with Gasteiger partial charge in [-0.2, -0.15) is 0 Å². The van der Waals surface area contributed by atoms with Crippen LogP contribution in [0.15, 0.2) is 28.9 Å². The quantitative estimate of drug-likeness (QED) is 0.650. The predicted molar refractivity (Wildman–Crippen MR) is 69.9 cm³/mol. The summed E-state index contributed by atoms with van der Waals surface area (Å²) in [5.41, 5.74) is 1.38. The summed E-state index contributed by atoms with van der Waals surface area (Å²) >= 11 is 0. The van der Waals surface area contributed by atoms with Gasteiger partial charge in [0.15, 0.2) is 5.58 Å². The first kappa shape index (κ1) is 12.4. The Morgan fingerprint density at radius 2 is 2.22 bits per heavy atom. The summed E-state index contributed by atoms with van der Waals surface area (Å²) in [6.45, 7) is 1.54. The van der Waals surface area contributed by atoms with Crippen molar-refractivity contribution in [2.24, 2.45) is 0 Å². The Morgan fingerprint density at radius 3 is 2.89 bits per heavy atom. The number of anilines is 1. The average molecular weight is 249 g/mol. The molecule has 0 aliphatic heterocycles. The number of nitro groups is 1. The second kappa shape index (κ2) is 5.05. The van der Waals surface area contributed by atoms with E-state index in [4.69, 9.17) is 4.42 Å². The van der Waals surface area contributed by atoms with Crippen molar-refractivity contribution in [2.45, 2.75) is 0 Å². The maximum absolute atomic E-state index is 10.8. The Balaban J connectivity index is 2.29. The maximum Gasteiger partial charge on any atom is 0.272 e. The minimum Gasteiger partial charge on any atom is -0.462 e. The molecule has 0 saturated carbocycles. The zero-order valence-corrected chi connectivity index (χ0v) is 10.3. The summed E-state index contributed by atoms with van der Waals surface area (Å²) < 4.78 is 5.34. The number of likely N-dealkylation sites (N-methyl/N-ethyl adjacent to an activating group) is 1. The number of hydrogen-bond donors (Lipinski definition) is 1. The Kier molecular flexibility index (Phi) is 3.47. The number of rotatable bonds is 5. The van der Waals surface area contributed by atoms with E-state index in [2.05, 4.69) is 5.32 Å². The molecule has 2 aromatic rings. The molecule has 0 unspecified atom stereocenters. The summed E-state index contributed by atoms with van der Waals surface area (Å²) in [5, 5.41) is 14.7. The fraction of sp³-hybridized carbons (Fsp3) is 0.333. The minimum atomic E-state index is -0.399. The minimum absolute atomic E-state index is 0.0660. The SMILES string of the molecule is CN(C)CCNc1cc([N+](=O)[O-])cc2ccoc12. The van der Waals surface area contributed by atoms with E-state index in [1.165, 1.54) is 18.4 Å². The van der Waals surface area contributed by atoms with E-state index in [-0.39, 0.29) is 5.69 Å². The van der Waals surface area contributed by atoms with Crippen molar-refractivity contribution in [2.75, 3.05) is 32.5 Å². The molecule has 1 N–H and O–H groups in total. The van der Waals surface area contributed by atoms with Crippen LogP contribution in [0.3, 0.4) is 0 Å². The monoisotopic (exact) mass is 249 g/mol. The normalized spacial score (nSPS) is 11.1. The summed E-state index contributed by atoms with van der Waals surface area (Å²) in [5.74, 6) is 0. The highest BCUT2D eigenvalue weighted by Gasteiger charge is 2.13. The molecule has 0 amide bonds. The molecule has 96 valence electrons. The first-order valence-corrected chi connectivity index (χ1v) is 5.62. The summed E-state index contributed by atoms with van der Waals surface area (Å²) in [7, 11) is 3.94. The summed E-state index contributed by atoms with van der Waals surface area (Å²) in [6.07, 6.45) is 1.53. The first-order chi connectivity index (χ1) is 8.58. The smallest absolute Gasteiger partial charge is 0.272 e. The van der Waals surface area contributed by atoms with Crippen LogP contribution in [0.5, 0.6) is 0 Å². The number of nitro benzene ring substituents is 1. The third-order valence-corrected chi connectivity index (χ3v) is 2.62. The molecule has 6 heteroatoms. The number of furan rings is 1. The lowest BCUT2D eigenvalue weighted by Crippen LogP contribution is -2.20. The standard InChI is InChI=1S/C12H15N3O3/c1-14(2)5-4-13-11-8-10(15(16)17)7-9-3-6-18-12(9)11/h3,6-8,13H,4-5H2,1-2H3. The molecule has 0 aliphatic carbocycles. The zero-order chi connectivity index (χ0) is 13.1. The molecule has 0 bridgehead atoms. The largest absolute Gasteiger partial charge is 0.462 e. The summed E-state index contributed by atoms with van der Waals surface area (Å²) in [4.78, 5) is 12.5. The molecule has 1 aromatic carbocycles. The van der Waals surface area contributed by atoms with Gasteiger partial charge in [-0.15, -0.1) is 0 Å². The average Bonchev–Trinajstić information content (AvgIpc) is 2.76. The number of nitrogens with one attached hydrogen (secondary N) is 1. The van der Waals surface area contributed by atoms with Crippen LogP contribution >= 0.6 is 0 Å². The van der Waals surface area contributed by atoms with Gasteiger partial charge in [0.1, 0.15) is 0 Å². The van der Waals surface area contributed by atoms with Crippen molar-refractivity contribution in [3.05, 3.63) is 34.6 Å². The van der Waals surface area contributed by atoms with Crippen LogP contribution < -0.4 is 5.32 Å². The number of nitrogens with zero attached hydrogens (tertiary/aromatic N) is 2. The van der Waals surface area contributed by atoms with Gasteiger partial charge in [0.2, 0.25) is 0 Å². The van der Waals surface area contributed by atoms with Gasteiger partial charge in [-0.05, 0) is 20.2 Å². The van der Waals surface area contributed by atoms with Gasteiger partial charge in [0.25, 0.3) is 5.69 Å². The third kappa shape index (κ3) is 2.60. The number of benzene rings is 1. The Bertz CT molecular complexity index is 563. The highest BCUT2D eigenvalue weighted by atomic mass is 16.6. The molecular weight excluding hydrogens is 234 g/mol. The van der Waals surface area contributed by atoms with Gasteiger partial charge in [0, 0.05) is 30.6 Å². The number of non-ortho nitro benzene ring substituents is 1. The van der Waals surface area contributed by atoms with Gasteiger partial charge in [-0.3, -0.25) is 10.1 Å². The lowest BCUT2D eigenvalue weighted by Gasteiger charge is -2.11. The van der Waals surface area contributed by atoms with Crippen molar-refractivity contribution in [1.82, 2.24) is 4.90 Å². The highest BCUT2D eigenvalue weighted by molar-refractivity contribution is 5.91. The highest BCUT2D eigenvalue weighted by Crippen LogP contribution is 2.29. The second-order valence-electron chi connectivity index (χ2n) is 4.32. The van der Waals surface area contributed by atoms with E-state index in [0.29, 0.717) is 17.8 Å². The van der Waals surface area contributed by atoms with Crippen LogP contribution in [0.2, 0.25) is 0 Å². The molecule has 0 radical (unpaired) electrons. The molecule has 1 heterocycles. The Morgan fingerprint density at radius 1 is 1.44 bits per heavy atom. The second-order valence-corrected chi connectivity index (χ2v) is 4.32. The molecule has 0 atom stereocenters. The third-order valence-electron chi connectivity index (χ3n) is 2.62. The zero-order valence-electron chi connectivity index (χ0n) is 10.3. The van der Waals surface area contributed by atoms with Gasteiger partial charge < -0.3 is 14.6 Å². The van der Waals surface area contributed by atoms with Gasteiger partial charge >= 0.3 is 0 Å². The van der Waals surface area contributed by atoms with Gasteiger partial charge in [0.05, 0.1) is 16.9 Å². The Hall–Kier alpha value is -2.08. The molecule has 0 saturated heterocycles. The van der Waals surface area contributed by atoms with Crippen molar-refractivity contribution in [3.63, 3.8) is 0 Å². The lowest BCUT2D eigenvalue weighted by atomic mass is 10.2. The van der Waals surface area contributed by atoms with Crippen LogP contribution in [-0.2, 0) is 0 Å². The fourth-order valence-electron chi connectivity index (χ4n) is 1.72. The van der Waals surface area contributed by atoms with Gasteiger partial charge in [-0.1, -0.05) is 0 Å². The lowest BCUT2D eigenvalue weighted by molar-refractivity contribution is -0.384. The molecule has 0 fully saturated rings. The first-order valence-electron chi connectivity index (χ1n) is 5.62. The molecule has 6 nitrogen and oxygen atoms in total. The summed E-state index contributed by atoms with van der Waals surface area (Å²) in [6, 6.07) is 4.73. The Labute approximate surface area is 104 Å². The van der Waals surface area contributed by atoms with Crippen molar-refractivity contribution < 1.29 is 9.34 Å². The number of hydrogen-bond acceptors (Lipinski definition) is 5. The van der Waals surface area contributed by atoms with Crippen molar-refractivity contribution in [3.8, 4) is 0 Å². The predicted octanol–water partition coefficient (Wildman–Crippen LogP) is 2.31. The van der Waals surface area contributed by atoms with E-state index < -0.39 is 4.92 Å². The topological polar surface area (TPSA) is 71.5 Å². The van der Waals surface area contributed by atoms with Crippen LogP contribution in [0.1, 0.15) is 0 Å². The van der Waals surface area contributed by atoms with Crippen LogP contribution in [0.4, 0.5) is 11.4 Å². The van der Waals surface area contributed by atoms with E-state index in [1.807, 2.05) is 19.0 Å². The van der Waals surface area contributed by atoms with E-state index in [9.17, 15) is 10.1 Å². The van der Waals surface area contributed by atoms with Crippen LogP contribution in [0, 0.1) is 10.1 Å². The maximum atomic E-state index is 10.8. The van der Waals surface area contributed by atoms with Crippen molar-refractivity contribution >= 4 is 22.3 Å². The van der Waals surface area contributed by atoms with Crippen LogP contribution in [-0.4, -0.2) is 37.0 Å². The molecule has 18 heavy (non-hydrogen) atoms. The van der Waals surface area contributed by atoms with Crippen LogP contribution in [0.25, 0.3) is 11.0 Å². The van der Waals surface area contributed by atoms with E-state index in [0.717, 1.165) is 11.9 Å². The molecular formula is C12H15N3O3.